The number of carbonyl (C=O) groups excluding carboxylic acids is 1. The second-order valence-corrected chi connectivity index (χ2v) is 7.31. The van der Waals surface area contributed by atoms with E-state index in [-0.39, 0.29) is 30.9 Å². The normalized spacial score (nSPS) is 18.3. The molecular weight excluding hydrogens is 394 g/mol. The lowest BCUT2D eigenvalue weighted by Crippen LogP contribution is -2.26. The van der Waals surface area contributed by atoms with Gasteiger partial charge in [-0.05, 0) is 42.8 Å². The number of rotatable bonds is 2. The van der Waals surface area contributed by atoms with Gasteiger partial charge in [0.1, 0.15) is 0 Å². The van der Waals surface area contributed by atoms with Crippen LogP contribution in [0.5, 0.6) is 23.0 Å². The van der Waals surface area contributed by atoms with Crippen LogP contribution in [0.3, 0.4) is 0 Å². The lowest BCUT2D eigenvalue weighted by Gasteiger charge is -2.26. The van der Waals surface area contributed by atoms with E-state index in [1.165, 1.54) is 0 Å². The minimum Gasteiger partial charge on any atom is -0.493 e. The lowest BCUT2D eigenvalue weighted by molar-refractivity contribution is 0.0963. The minimum atomic E-state index is -0.319. The molecule has 0 amide bonds. The Hall–Kier alpha value is -2.44. The summed E-state index contributed by atoms with van der Waals surface area (Å²) >= 11 is 0. The standard InChI is InChI=1S/C22H25NO5.ClH/c1-13-15-5-6-18(25-3)22(26-4)17(15)11-23(2)8-7-14-9-19-20(28-12-27-19)10-16(14)21(13)24;/h5-6,9-10,13H,7-8,11-12H2,1-4H3;1H/t13-;/m0./s1. The van der Waals surface area contributed by atoms with Gasteiger partial charge in [-0.25, -0.2) is 0 Å². The maximum absolute atomic E-state index is 13.5. The van der Waals surface area contributed by atoms with Crippen molar-refractivity contribution in [3.63, 3.8) is 0 Å². The number of ether oxygens (including phenoxy) is 4. The summed E-state index contributed by atoms with van der Waals surface area (Å²) in [7, 11) is 5.34. The molecule has 29 heavy (non-hydrogen) atoms. The van der Waals surface area contributed by atoms with Gasteiger partial charge in [0.25, 0.3) is 0 Å². The van der Waals surface area contributed by atoms with Crippen LogP contribution in [0.25, 0.3) is 0 Å². The summed E-state index contributed by atoms with van der Waals surface area (Å²) in [6.45, 7) is 3.62. The molecule has 2 aliphatic rings. The topological polar surface area (TPSA) is 57.2 Å². The van der Waals surface area contributed by atoms with Crippen LogP contribution in [0.4, 0.5) is 0 Å². The van der Waals surface area contributed by atoms with Crippen molar-refractivity contribution in [1.82, 2.24) is 4.90 Å². The van der Waals surface area contributed by atoms with E-state index in [1.54, 1.807) is 14.2 Å². The van der Waals surface area contributed by atoms with Gasteiger partial charge < -0.3 is 23.8 Å². The fraction of sp³-hybridized carbons (Fsp3) is 0.409. The van der Waals surface area contributed by atoms with E-state index >= 15 is 0 Å². The van der Waals surface area contributed by atoms with Crippen molar-refractivity contribution >= 4 is 18.2 Å². The molecular formula is C22H26ClNO5. The third-order valence-electron chi connectivity index (χ3n) is 5.60. The summed E-state index contributed by atoms with van der Waals surface area (Å²) in [5.41, 5.74) is 3.65. The molecule has 4 rings (SSSR count). The molecule has 0 saturated heterocycles. The molecule has 0 bridgehead atoms. The SMILES string of the molecule is COc1ccc2c(c1OC)CN(C)CCc1cc3c(cc1C(=O)[C@H]2C)OCO3.Cl. The summed E-state index contributed by atoms with van der Waals surface area (Å²) in [6.07, 6.45) is 0.753. The first kappa shape index (κ1) is 21.3. The summed E-state index contributed by atoms with van der Waals surface area (Å²) < 4.78 is 22.2. The van der Waals surface area contributed by atoms with Gasteiger partial charge in [0.2, 0.25) is 6.79 Å². The number of ketones is 1. The van der Waals surface area contributed by atoms with E-state index in [1.807, 2.05) is 31.2 Å². The molecule has 7 heteroatoms. The summed E-state index contributed by atoms with van der Waals surface area (Å²) in [5, 5.41) is 0. The van der Waals surface area contributed by atoms with Gasteiger partial charge in [0.05, 0.1) is 14.2 Å². The summed E-state index contributed by atoms with van der Waals surface area (Å²) in [6, 6.07) is 7.63. The Morgan fingerprint density at radius 1 is 1.10 bits per heavy atom. The van der Waals surface area contributed by atoms with Crippen molar-refractivity contribution in [2.24, 2.45) is 0 Å². The number of Topliss-reactive ketones (excluding diaryl/α,β-unsaturated/α-hetero) is 1. The molecule has 0 fully saturated rings. The summed E-state index contributed by atoms with van der Waals surface area (Å²) in [5.74, 6) is 2.47. The van der Waals surface area contributed by atoms with E-state index in [4.69, 9.17) is 18.9 Å². The third kappa shape index (κ3) is 3.74. The lowest BCUT2D eigenvalue weighted by atomic mass is 9.85. The zero-order valence-corrected chi connectivity index (χ0v) is 17.9. The van der Waals surface area contributed by atoms with Gasteiger partial charge in [0.15, 0.2) is 28.8 Å². The molecule has 2 aromatic carbocycles. The highest BCUT2D eigenvalue weighted by Gasteiger charge is 2.29. The Kier molecular flexibility index (Phi) is 6.24. The Balaban J connectivity index is 0.00000240. The zero-order chi connectivity index (χ0) is 19.8. The largest absolute Gasteiger partial charge is 0.493 e. The second kappa shape index (κ2) is 8.51. The van der Waals surface area contributed by atoms with Crippen molar-refractivity contribution in [3.8, 4) is 23.0 Å². The fourth-order valence-corrected chi connectivity index (χ4v) is 4.03. The number of hydrogen-bond donors (Lipinski definition) is 0. The molecule has 0 aliphatic carbocycles. The van der Waals surface area contributed by atoms with Gasteiger partial charge in [-0.3, -0.25) is 4.79 Å². The molecule has 0 saturated carbocycles. The maximum atomic E-state index is 13.5. The monoisotopic (exact) mass is 419 g/mol. The highest BCUT2D eigenvalue weighted by molar-refractivity contribution is 6.03. The van der Waals surface area contributed by atoms with Crippen LogP contribution in [0.15, 0.2) is 24.3 Å². The van der Waals surface area contributed by atoms with Gasteiger partial charge in [0, 0.05) is 30.1 Å². The Morgan fingerprint density at radius 3 is 2.52 bits per heavy atom. The molecule has 2 aliphatic heterocycles. The number of hydrogen-bond acceptors (Lipinski definition) is 6. The number of halogens is 1. The maximum Gasteiger partial charge on any atom is 0.231 e. The highest BCUT2D eigenvalue weighted by atomic mass is 35.5. The first-order valence-electron chi connectivity index (χ1n) is 9.42. The predicted molar refractivity (Wildman–Crippen MR) is 112 cm³/mol. The van der Waals surface area contributed by atoms with Gasteiger partial charge in [-0.1, -0.05) is 13.0 Å². The number of nitrogens with zero attached hydrogens (tertiary/aromatic N) is 1. The molecule has 0 spiro atoms. The van der Waals surface area contributed by atoms with Crippen molar-refractivity contribution in [1.29, 1.82) is 0 Å². The number of likely N-dealkylation sites (N-methyl/N-ethyl adjacent to an activating group) is 1. The van der Waals surface area contributed by atoms with E-state index in [2.05, 4.69) is 11.9 Å². The van der Waals surface area contributed by atoms with Crippen LogP contribution >= 0.6 is 12.4 Å². The Labute approximate surface area is 177 Å². The molecule has 0 aromatic heterocycles. The first-order valence-corrected chi connectivity index (χ1v) is 9.42. The first-order chi connectivity index (χ1) is 13.5. The van der Waals surface area contributed by atoms with Crippen LogP contribution in [-0.2, 0) is 13.0 Å². The van der Waals surface area contributed by atoms with Crippen molar-refractivity contribution in [2.45, 2.75) is 25.8 Å². The van der Waals surface area contributed by atoms with Gasteiger partial charge in [-0.15, -0.1) is 12.4 Å². The average molecular weight is 420 g/mol. The number of fused-ring (bicyclic) bond motifs is 3. The number of benzene rings is 2. The summed E-state index contributed by atoms with van der Waals surface area (Å²) in [4.78, 5) is 15.7. The van der Waals surface area contributed by atoms with E-state index in [0.29, 0.717) is 35.1 Å². The van der Waals surface area contributed by atoms with Crippen molar-refractivity contribution in [3.05, 3.63) is 46.5 Å². The zero-order valence-electron chi connectivity index (χ0n) is 17.1. The molecule has 2 heterocycles. The van der Waals surface area contributed by atoms with E-state index < -0.39 is 0 Å². The highest BCUT2D eigenvalue weighted by Crippen LogP contribution is 2.41. The van der Waals surface area contributed by atoms with Crippen LogP contribution in [0.1, 0.15) is 39.9 Å². The molecule has 0 N–H and O–H groups in total. The average Bonchev–Trinajstić information content (AvgIpc) is 3.16. The molecule has 2 aromatic rings. The van der Waals surface area contributed by atoms with Crippen molar-refractivity contribution in [2.75, 3.05) is 34.6 Å². The van der Waals surface area contributed by atoms with Crippen LogP contribution < -0.4 is 18.9 Å². The van der Waals surface area contributed by atoms with Gasteiger partial charge >= 0.3 is 0 Å². The van der Waals surface area contributed by atoms with E-state index in [9.17, 15) is 4.79 Å². The second-order valence-electron chi connectivity index (χ2n) is 7.31. The third-order valence-corrected chi connectivity index (χ3v) is 5.60. The smallest absolute Gasteiger partial charge is 0.231 e. The van der Waals surface area contributed by atoms with Crippen molar-refractivity contribution < 1.29 is 23.7 Å². The molecule has 0 unspecified atom stereocenters. The molecule has 156 valence electrons. The number of methoxy groups -OCH3 is 2. The predicted octanol–water partition coefficient (Wildman–Crippen LogP) is 3.83. The van der Waals surface area contributed by atoms with Crippen LogP contribution in [0, 0.1) is 0 Å². The quantitative estimate of drug-likeness (QED) is 0.737. The van der Waals surface area contributed by atoms with Crippen LogP contribution in [-0.4, -0.2) is 45.3 Å². The molecule has 0 radical (unpaired) electrons. The number of carbonyl (C=O) groups is 1. The Bertz CT molecular complexity index is 930. The minimum absolute atomic E-state index is 0. The Morgan fingerprint density at radius 2 is 1.83 bits per heavy atom. The molecule has 1 atom stereocenters. The van der Waals surface area contributed by atoms with Gasteiger partial charge in [-0.2, -0.15) is 0 Å². The molecule has 6 nitrogen and oxygen atoms in total. The van der Waals surface area contributed by atoms with E-state index in [0.717, 1.165) is 29.7 Å². The van der Waals surface area contributed by atoms with Crippen LogP contribution in [0.2, 0.25) is 0 Å². The fourth-order valence-electron chi connectivity index (χ4n) is 4.03.